The Morgan fingerprint density at radius 1 is 0.571 bits per heavy atom. The Morgan fingerprint density at radius 2 is 1.06 bits per heavy atom. The number of rotatable bonds is 13. The van der Waals surface area contributed by atoms with E-state index in [0.29, 0.717) is 16.9 Å². The number of benzene rings is 5. The van der Waals surface area contributed by atoms with Crippen LogP contribution < -0.4 is 4.74 Å². The molecule has 0 amide bonds. The summed E-state index contributed by atoms with van der Waals surface area (Å²) in [6, 6.07) is 44.3. The van der Waals surface area contributed by atoms with Gasteiger partial charge in [-0.25, -0.2) is 9.59 Å². The lowest BCUT2D eigenvalue weighted by Gasteiger charge is -2.45. The largest absolute Gasteiger partial charge is 0.462 e. The summed E-state index contributed by atoms with van der Waals surface area (Å²) in [5.41, 5.74) is 3.46. The van der Waals surface area contributed by atoms with Crippen LogP contribution in [-0.4, -0.2) is 49.3 Å². The summed E-state index contributed by atoms with van der Waals surface area (Å²) < 4.78 is 38.3. The molecular weight excluding hydrogens is 620 g/mol. The molecule has 1 fully saturated rings. The van der Waals surface area contributed by atoms with Gasteiger partial charge in [-0.1, -0.05) is 115 Å². The van der Waals surface area contributed by atoms with Crippen LogP contribution in [0.25, 0.3) is 0 Å². The minimum absolute atomic E-state index is 0.184. The highest BCUT2D eigenvalue weighted by Crippen LogP contribution is 2.33. The number of esters is 2. The first-order chi connectivity index (χ1) is 24.0. The van der Waals surface area contributed by atoms with Crippen molar-refractivity contribution in [3.05, 3.63) is 173 Å². The lowest BCUT2D eigenvalue weighted by molar-refractivity contribution is -0.298. The van der Waals surface area contributed by atoms with E-state index in [1.165, 1.54) is 0 Å². The van der Waals surface area contributed by atoms with Gasteiger partial charge in [0.2, 0.25) is 6.29 Å². The highest BCUT2D eigenvalue weighted by molar-refractivity contribution is 5.90. The van der Waals surface area contributed by atoms with Crippen molar-refractivity contribution in [2.75, 3.05) is 6.61 Å². The third-order valence-corrected chi connectivity index (χ3v) is 8.14. The zero-order chi connectivity index (χ0) is 33.8. The fourth-order valence-corrected chi connectivity index (χ4v) is 5.54. The minimum atomic E-state index is -1.06. The Labute approximate surface area is 286 Å². The number of hydrogen-bond donors (Lipinski definition) is 0. The average Bonchev–Trinajstić information content (AvgIpc) is 3.15. The van der Waals surface area contributed by atoms with Gasteiger partial charge in [0.05, 0.1) is 24.3 Å². The predicted molar refractivity (Wildman–Crippen MR) is 183 cm³/mol. The molecular formula is C41H38O8. The van der Waals surface area contributed by atoms with Gasteiger partial charge in [0, 0.05) is 0 Å². The van der Waals surface area contributed by atoms with Crippen molar-refractivity contribution in [1.29, 1.82) is 0 Å². The quantitative estimate of drug-likeness (QED) is 0.121. The molecule has 1 aliphatic rings. The average molecular weight is 659 g/mol. The third kappa shape index (κ3) is 9.00. The molecule has 49 heavy (non-hydrogen) atoms. The number of aryl methyl sites for hydroxylation is 1. The van der Waals surface area contributed by atoms with Crippen LogP contribution >= 0.6 is 0 Å². The van der Waals surface area contributed by atoms with Crippen molar-refractivity contribution in [1.82, 2.24) is 0 Å². The SMILES string of the molecule is Cc1ccccc1O[C@@H]1O[C@H](COC(=O)c2ccccc2)[C@@H](OC(=O)c2ccccc2)[C@H](OCc2ccccc2)[C@H]1OCc1ccccc1. The molecule has 0 radical (unpaired) electrons. The van der Waals surface area contributed by atoms with Crippen LogP contribution in [0.2, 0.25) is 0 Å². The zero-order valence-corrected chi connectivity index (χ0v) is 27.1. The molecule has 1 saturated heterocycles. The van der Waals surface area contributed by atoms with Crippen molar-refractivity contribution in [3.8, 4) is 5.75 Å². The van der Waals surface area contributed by atoms with Crippen LogP contribution in [0.3, 0.4) is 0 Å². The van der Waals surface area contributed by atoms with Crippen LogP contribution in [0, 0.1) is 6.92 Å². The molecule has 0 aliphatic carbocycles. The van der Waals surface area contributed by atoms with Crippen LogP contribution in [-0.2, 0) is 36.9 Å². The first-order valence-corrected chi connectivity index (χ1v) is 16.2. The van der Waals surface area contributed by atoms with E-state index in [1.807, 2.05) is 104 Å². The van der Waals surface area contributed by atoms with E-state index in [1.54, 1.807) is 48.5 Å². The smallest absolute Gasteiger partial charge is 0.338 e. The standard InChI is InChI=1S/C41H38O8/c1-29-16-14-15-25-34(29)47-41-38(45-27-31-19-8-3-9-20-31)37(44-26-30-17-6-2-7-18-30)36(49-40(43)33-23-12-5-13-24-33)35(48-41)28-46-39(42)32-21-10-4-11-22-32/h2-25,35-38,41H,26-28H2,1H3/t35-,36-,37+,38-,41-/m1/s1. The lowest BCUT2D eigenvalue weighted by atomic mass is 9.97. The molecule has 0 spiro atoms. The van der Waals surface area contributed by atoms with Crippen LogP contribution in [0.1, 0.15) is 37.4 Å². The fraction of sp³-hybridized carbons (Fsp3) is 0.220. The molecule has 250 valence electrons. The van der Waals surface area contributed by atoms with E-state index < -0.39 is 42.6 Å². The van der Waals surface area contributed by atoms with E-state index in [4.69, 9.17) is 28.4 Å². The lowest BCUT2D eigenvalue weighted by Crippen LogP contribution is -2.63. The van der Waals surface area contributed by atoms with Crippen LogP contribution in [0.15, 0.2) is 146 Å². The fourth-order valence-electron chi connectivity index (χ4n) is 5.54. The Kier molecular flexibility index (Phi) is 11.5. The number of hydrogen-bond acceptors (Lipinski definition) is 8. The second-order valence-corrected chi connectivity index (χ2v) is 11.6. The normalized spacial score (nSPS) is 20.2. The Bertz CT molecular complexity index is 1770. The van der Waals surface area contributed by atoms with Gasteiger partial charge in [-0.15, -0.1) is 0 Å². The van der Waals surface area contributed by atoms with E-state index in [0.717, 1.165) is 16.7 Å². The van der Waals surface area contributed by atoms with Crippen molar-refractivity contribution in [3.63, 3.8) is 0 Å². The highest BCUT2D eigenvalue weighted by atomic mass is 16.7. The van der Waals surface area contributed by atoms with Crippen LogP contribution in [0.4, 0.5) is 0 Å². The van der Waals surface area contributed by atoms with Crippen molar-refractivity contribution in [2.45, 2.75) is 50.8 Å². The molecule has 5 aromatic rings. The Balaban J connectivity index is 1.37. The maximum atomic E-state index is 13.6. The molecule has 8 nitrogen and oxygen atoms in total. The second-order valence-electron chi connectivity index (χ2n) is 11.6. The highest BCUT2D eigenvalue weighted by Gasteiger charge is 2.51. The van der Waals surface area contributed by atoms with Gasteiger partial charge in [0.25, 0.3) is 0 Å². The monoisotopic (exact) mass is 658 g/mol. The van der Waals surface area contributed by atoms with Gasteiger partial charge < -0.3 is 28.4 Å². The first kappa shape index (κ1) is 33.6. The number of para-hydroxylation sites is 1. The molecule has 5 aromatic carbocycles. The zero-order valence-electron chi connectivity index (χ0n) is 27.1. The Hall–Kier alpha value is -5.28. The van der Waals surface area contributed by atoms with E-state index in [9.17, 15) is 9.59 Å². The van der Waals surface area contributed by atoms with E-state index in [-0.39, 0.29) is 19.8 Å². The molecule has 0 unspecified atom stereocenters. The number of ether oxygens (including phenoxy) is 6. The maximum Gasteiger partial charge on any atom is 0.338 e. The van der Waals surface area contributed by atoms with Gasteiger partial charge in [-0.05, 0) is 53.9 Å². The molecule has 6 rings (SSSR count). The summed E-state index contributed by atoms with van der Waals surface area (Å²) in [5.74, 6) is -0.540. The van der Waals surface area contributed by atoms with E-state index >= 15 is 0 Å². The topological polar surface area (TPSA) is 89.5 Å². The summed E-state index contributed by atoms with van der Waals surface area (Å²) in [6.45, 7) is 2.08. The molecule has 1 heterocycles. The molecule has 0 saturated carbocycles. The van der Waals surface area contributed by atoms with Gasteiger partial charge in [0.15, 0.2) is 6.10 Å². The molecule has 0 aromatic heterocycles. The van der Waals surface area contributed by atoms with Crippen molar-refractivity contribution in [2.24, 2.45) is 0 Å². The van der Waals surface area contributed by atoms with Crippen LogP contribution in [0.5, 0.6) is 5.75 Å². The second kappa shape index (κ2) is 16.7. The van der Waals surface area contributed by atoms with Gasteiger partial charge in [-0.2, -0.15) is 0 Å². The summed E-state index contributed by atoms with van der Waals surface area (Å²) in [7, 11) is 0. The third-order valence-electron chi connectivity index (χ3n) is 8.14. The van der Waals surface area contributed by atoms with Gasteiger partial charge >= 0.3 is 11.9 Å². The van der Waals surface area contributed by atoms with E-state index in [2.05, 4.69) is 0 Å². The van der Waals surface area contributed by atoms with Crippen molar-refractivity contribution < 1.29 is 38.0 Å². The van der Waals surface area contributed by atoms with Gasteiger partial charge in [-0.3, -0.25) is 0 Å². The maximum absolute atomic E-state index is 13.6. The molecule has 1 aliphatic heterocycles. The molecule has 0 N–H and O–H groups in total. The predicted octanol–water partition coefficient (Wildman–Crippen LogP) is 7.35. The summed E-state index contributed by atoms with van der Waals surface area (Å²) in [4.78, 5) is 26.7. The summed E-state index contributed by atoms with van der Waals surface area (Å²) >= 11 is 0. The Morgan fingerprint density at radius 3 is 1.63 bits per heavy atom. The molecule has 0 bridgehead atoms. The molecule has 8 heteroatoms. The first-order valence-electron chi connectivity index (χ1n) is 16.2. The summed E-state index contributed by atoms with van der Waals surface area (Å²) in [6.07, 6.45) is -4.85. The minimum Gasteiger partial charge on any atom is -0.462 e. The molecule has 5 atom stereocenters. The number of carbonyl (C=O) groups is 2. The van der Waals surface area contributed by atoms with Gasteiger partial charge in [0.1, 0.15) is 30.7 Å². The summed E-state index contributed by atoms with van der Waals surface area (Å²) in [5, 5.41) is 0. The number of carbonyl (C=O) groups excluding carboxylic acids is 2. The van der Waals surface area contributed by atoms with Crippen molar-refractivity contribution >= 4 is 11.9 Å².